The van der Waals surface area contributed by atoms with Gasteiger partial charge in [0.25, 0.3) is 0 Å². The Kier molecular flexibility index (Phi) is 3.34. The van der Waals surface area contributed by atoms with E-state index in [0.717, 1.165) is 0 Å². The third kappa shape index (κ3) is 2.28. The number of aliphatic hydroxyl groups is 1. The van der Waals surface area contributed by atoms with E-state index in [1.54, 1.807) is 0 Å². The van der Waals surface area contributed by atoms with Crippen LogP contribution in [0.25, 0.3) is 0 Å². The highest BCUT2D eigenvalue weighted by Gasteiger charge is 2.54. The van der Waals surface area contributed by atoms with Gasteiger partial charge < -0.3 is 14.6 Å². The van der Waals surface area contributed by atoms with Crippen LogP contribution in [0.15, 0.2) is 0 Å². The molecule has 0 amide bonds. The first kappa shape index (κ1) is 12.0. The molecular formula is C10H16O5. The third-order valence-corrected chi connectivity index (χ3v) is 2.44. The summed E-state index contributed by atoms with van der Waals surface area (Å²) in [6, 6.07) is 0. The number of esters is 2. The van der Waals surface area contributed by atoms with Gasteiger partial charge in [0.1, 0.15) is 6.10 Å². The van der Waals surface area contributed by atoms with E-state index in [2.05, 4.69) is 4.74 Å². The number of cyclic esters (lactones) is 1. The maximum absolute atomic E-state index is 11.4. The molecular weight excluding hydrogens is 200 g/mol. The van der Waals surface area contributed by atoms with E-state index in [9.17, 15) is 14.7 Å². The molecule has 0 aliphatic carbocycles. The highest BCUT2D eigenvalue weighted by Crippen LogP contribution is 2.32. The van der Waals surface area contributed by atoms with Crippen LogP contribution in [0.2, 0.25) is 0 Å². The molecule has 1 fully saturated rings. The zero-order valence-corrected chi connectivity index (χ0v) is 9.15. The second kappa shape index (κ2) is 4.18. The molecule has 1 heterocycles. The molecule has 0 bridgehead atoms. The van der Waals surface area contributed by atoms with Crippen LogP contribution in [-0.4, -0.2) is 35.9 Å². The van der Waals surface area contributed by atoms with Gasteiger partial charge in [-0.1, -0.05) is 13.8 Å². The van der Waals surface area contributed by atoms with Crippen molar-refractivity contribution in [2.24, 2.45) is 5.92 Å². The fourth-order valence-electron chi connectivity index (χ4n) is 1.68. The summed E-state index contributed by atoms with van der Waals surface area (Å²) in [4.78, 5) is 22.4. The van der Waals surface area contributed by atoms with E-state index >= 15 is 0 Å². The van der Waals surface area contributed by atoms with Crippen molar-refractivity contribution in [3.05, 3.63) is 0 Å². The van der Waals surface area contributed by atoms with Gasteiger partial charge in [-0.25, -0.2) is 4.79 Å². The average molecular weight is 216 g/mol. The largest absolute Gasteiger partial charge is 0.467 e. The molecule has 0 aromatic heterocycles. The minimum atomic E-state index is -1.81. The summed E-state index contributed by atoms with van der Waals surface area (Å²) < 4.78 is 9.40. The Hall–Kier alpha value is -1.10. The zero-order chi connectivity index (χ0) is 11.6. The van der Waals surface area contributed by atoms with Gasteiger partial charge in [-0.3, -0.25) is 4.79 Å². The molecule has 15 heavy (non-hydrogen) atoms. The topological polar surface area (TPSA) is 72.8 Å². The van der Waals surface area contributed by atoms with Gasteiger partial charge in [-0.2, -0.15) is 0 Å². The van der Waals surface area contributed by atoms with E-state index < -0.39 is 23.6 Å². The highest BCUT2D eigenvalue weighted by atomic mass is 16.6. The Morgan fingerprint density at radius 3 is 2.80 bits per heavy atom. The number of hydrogen-bond acceptors (Lipinski definition) is 5. The van der Waals surface area contributed by atoms with Gasteiger partial charge in [0.2, 0.25) is 5.60 Å². The maximum Gasteiger partial charge on any atom is 0.342 e. The first-order valence-electron chi connectivity index (χ1n) is 4.90. The SMILES string of the molecule is COC(=O)[C@@]1(O)CC(=O)O[C@@H]1CC(C)C. The summed E-state index contributed by atoms with van der Waals surface area (Å²) in [7, 11) is 1.18. The fourth-order valence-corrected chi connectivity index (χ4v) is 1.68. The Bertz CT molecular complexity index is 273. The van der Waals surface area contributed by atoms with Gasteiger partial charge in [0.05, 0.1) is 13.5 Å². The lowest BCUT2D eigenvalue weighted by atomic mass is 9.90. The molecule has 1 saturated heterocycles. The molecule has 0 spiro atoms. The van der Waals surface area contributed by atoms with E-state index in [4.69, 9.17) is 4.74 Å². The summed E-state index contributed by atoms with van der Waals surface area (Å²) in [5, 5.41) is 10.0. The zero-order valence-electron chi connectivity index (χ0n) is 9.15. The average Bonchev–Trinajstić information content (AvgIpc) is 2.40. The third-order valence-electron chi connectivity index (χ3n) is 2.44. The number of hydrogen-bond donors (Lipinski definition) is 1. The highest BCUT2D eigenvalue weighted by molar-refractivity contribution is 5.89. The van der Waals surface area contributed by atoms with E-state index in [0.29, 0.717) is 6.42 Å². The molecule has 0 aromatic rings. The molecule has 1 aliphatic rings. The van der Waals surface area contributed by atoms with Crippen molar-refractivity contribution in [3.8, 4) is 0 Å². The summed E-state index contributed by atoms with van der Waals surface area (Å²) in [5.41, 5.74) is -1.81. The summed E-state index contributed by atoms with van der Waals surface area (Å²) in [6.07, 6.45) is -0.675. The Morgan fingerprint density at radius 2 is 2.33 bits per heavy atom. The lowest BCUT2D eigenvalue weighted by Crippen LogP contribution is -2.47. The Balaban J connectivity index is 2.84. The molecule has 2 atom stereocenters. The van der Waals surface area contributed by atoms with Gasteiger partial charge in [-0.15, -0.1) is 0 Å². The normalized spacial score (nSPS) is 30.5. The number of methoxy groups -OCH3 is 1. The van der Waals surface area contributed by atoms with Gasteiger partial charge in [0.15, 0.2) is 0 Å². The Morgan fingerprint density at radius 1 is 1.73 bits per heavy atom. The van der Waals surface area contributed by atoms with Crippen LogP contribution in [0.1, 0.15) is 26.7 Å². The van der Waals surface area contributed by atoms with Crippen molar-refractivity contribution in [1.82, 2.24) is 0 Å². The molecule has 0 aromatic carbocycles. The lowest BCUT2D eigenvalue weighted by Gasteiger charge is -2.25. The molecule has 0 saturated carbocycles. The first-order chi connectivity index (χ1) is 6.90. The predicted octanol–water partition coefficient (Wildman–Crippen LogP) is 0.252. The molecule has 5 heteroatoms. The summed E-state index contributed by atoms with van der Waals surface area (Å²) in [6.45, 7) is 3.84. The van der Waals surface area contributed by atoms with Gasteiger partial charge in [-0.05, 0) is 12.3 Å². The van der Waals surface area contributed by atoms with Crippen LogP contribution < -0.4 is 0 Å². The molecule has 1 aliphatic heterocycles. The molecule has 5 nitrogen and oxygen atoms in total. The number of ether oxygens (including phenoxy) is 2. The quantitative estimate of drug-likeness (QED) is 0.685. The van der Waals surface area contributed by atoms with Crippen LogP contribution in [0.5, 0.6) is 0 Å². The number of carbonyl (C=O) groups is 2. The molecule has 0 unspecified atom stereocenters. The van der Waals surface area contributed by atoms with Gasteiger partial charge >= 0.3 is 11.9 Å². The van der Waals surface area contributed by atoms with Crippen LogP contribution in [-0.2, 0) is 19.1 Å². The molecule has 1 N–H and O–H groups in total. The van der Waals surface area contributed by atoms with Crippen molar-refractivity contribution in [2.45, 2.75) is 38.4 Å². The minimum Gasteiger partial charge on any atom is -0.467 e. The van der Waals surface area contributed by atoms with E-state index in [1.165, 1.54) is 7.11 Å². The van der Waals surface area contributed by atoms with Crippen molar-refractivity contribution in [1.29, 1.82) is 0 Å². The molecule has 0 radical (unpaired) electrons. The standard InChI is InChI=1S/C10H16O5/c1-6(2)4-7-10(13,9(12)14-3)5-8(11)15-7/h6-7,13H,4-5H2,1-3H3/t7-,10-/m1/s1. The monoisotopic (exact) mass is 216 g/mol. The van der Waals surface area contributed by atoms with Gasteiger partial charge in [0, 0.05) is 0 Å². The van der Waals surface area contributed by atoms with E-state index in [1.807, 2.05) is 13.8 Å². The second-order valence-corrected chi connectivity index (χ2v) is 4.20. The number of rotatable bonds is 3. The van der Waals surface area contributed by atoms with Crippen LogP contribution >= 0.6 is 0 Å². The summed E-state index contributed by atoms with van der Waals surface area (Å²) >= 11 is 0. The predicted molar refractivity (Wildman–Crippen MR) is 50.9 cm³/mol. The smallest absolute Gasteiger partial charge is 0.342 e. The van der Waals surface area contributed by atoms with Crippen molar-refractivity contribution in [2.75, 3.05) is 7.11 Å². The van der Waals surface area contributed by atoms with Crippen molar-refractivity contribution < 1.29 is 24.2 Å². The van der Waals surface area contributed by atoms with Crippen LogP contribution in [0.3, 0.4) is 0 Å². The lowest BCUT2D eigenvalue weighted by molar-refractivity contribution is -0.169. The minimum absolute atomic E-state index is 0.220. The van der Waals surface area contributed by atoms with Crippen molar-refractivity contribution >= 4 is 11.9 Å². The first-order valence-corrected chi connectivity index (χ1v) is 4.90. The van der Waals surface area contributed by atoms with Crippen molar-refractivity contribution in [3.63, 3.8) is 0 Å². The Labute approximate surface area is 88.4 Å². The summed E-state index contributed by atoms with van der Waals surface area (Å²) in [5.74, 6) is -1.15. The van der Waals surface area contributed by atoms with Crippen LogP contribution in [0.4, 0.5) is 0 Å². The van der Waals surface area contributed by atoms with Crippen LogP contribution in [0, 0.1) is 5.92 Å². The molecule has 86 valence electrons. The number of carbonyl (C=O) groups excluding carboxylic acids is 2. The second-order valence-electron chi connectivity index (χ2n) is 4.20. The molecule has 1 rings (SSSR count). The maximum atomic E-state index is 11.4. The van der Waals surface area contributed by atoms with E-state index in [-0.39, 0.29) is 12.3 Å². The fraction of sp³-hybridized carbons (Fsp3) is 0.800.